The van der Waals surface area contributed by atoms with Crippen molar-refractivity contribution in [3.63, 3.8) is 0 Å². The van der Waals surface area contributed by atoms with E-state index in [4.69, 9.17) is 28.7 Å². The van der Waals surface area contributed by atoms with Crippen molar-refractivity contribution < 1.29 is 33.4 Å². The number of rotatable bonds is 6. The second kappa shape index (κ2) is 10.1. The molecule has 0 bridgehead atoms. The smallest absolute Gasteiger partial charge is 0.434 e. The number of quaternary nitrogens is 1. The highest BCUT2D eigenvalue weighted by Crippen LogP contribution is 2.12. The third-order valence-electron chi connectivity index (χ3n) is 2.56. The molecule has 1 aromatic rings. The Morgan fingerprint density at radius 1 is 1.41 bits per heavy atom. The number of hydrogen-bond acceptors (Lipinski definition) is 6. The fraction of sp³-hybridized carbons (Fsp3) is 0.417. The van der Waals surface area contributed by atoms with Crippen LogP contribution in [0.25, 0.3) is 0 Å². The van der Waals surface area contributed by atoms with Gasteiger partial charge in [0, 0.05) is 29.2 Å². The van der Waals surface area contributed by atoms with E-state index in [1.165, 1.54) is 0 Å². The number of aliphatic hydroxyl groups excluding tert-OH is 1. The van der Waals surface area contributed by atoms with Crippen molar-refractivity contribution in [2.24, 2.45) is 5.73 Å². The van der Waals surface area contributed by atoms with E-state index in [1.807, 2.05) is 30.3 Å². The van der Waals surface area contributed by atoms with Crippen LogP contribution in [0.4, 0.5) is 5.69 Å². The van der Waals surface area contributed by atoms with Crippen molar-refractivity contribution in [1.29, 1.82) is 0 Å². The number of aliphatic hydroxyl groups is 1. The first-order valence-corrected chi connectivity index (χ1v) is 7.82. The maximum absolute atomic E-state index is 9.86. The Labute approximate surface area is 129 Å². The van der Waals surface area contributed by atoms with Crippen LogP contribution in [0, 0.1) is 0 Å². The van der Waals surface area contributed by atoms with Crippen LogP contribution in [-0.2, 0) is 10.4 Å². The van der Waals surface area contributed by atoms with E-state index in [0.717, 1.165) is 12.2 Å². The SMILES string of the molecule is CCN(CC(O)C[NH2+]C(N)=[NH2+])c1ccccc1.O=S(=O)([O-])[O-]. The molecule has 1 rings (SSSR count). The van der Waals surface area contributed by atoms with Crippen LogP contribution in [0.1, 0.15) is 6.92 Å². The van der Waals surface area contributed by atoms with E-state index in [1.54, 1.807) is 5.32 Å². The molecule has 0 aliphatic heterocycles. The molecule has 7 N–H and O–H groups in total. The summed E-state index contributed by atoms with van der Waals surface area (Å²) in [5.41, 5.74) is 6.44. The summed E-state index contributed by atoms with van der Waals surface area (Å²) in [6.07, 6.45) is -0.461. The number of benzene rings is 1. The summed E-state index contributed by atoms with van der Waals surface area (Å²) in [7, 11) is -5.17. The fourth-order valence-electron chi connectivity index (χ4n) is 1.66. The van der Waals surface area contributed by atoms with Gasteiger partial charge in [-0.15, -0.1) is 0 Å². The number of likely N-dealkylation sites (N-methyl/N-ethyl adjacent to an activating group) is 1. The number of hydrogen-bond donors (Lipinski definition) is 4. The molecule has 1 atom stereocenters. The Morgan fingerprint density at radius 2 is 1.91 bits per heavy atom. The van der Waals surface area contributed by atoms with Crippen LogP contribution in [0.5, 0.6) is 0 Å². The van der Waals surface area contributed by atoms with E-state index < -0.39 is 16.5 Å². The first-order chi connectivity index (χ1) is 10.1. The fourth-order valence-corrected chi connectivity index (χ4v) is 1.66. The van der Waals surface area contributed by atoms with Crippen LogP contribution >= 0.6 is 0 Å². The summed E-state index contributed by atoms with van der Waals surface area (Å²) in [6, 6.07) is 10.0. The molecular formula is C12H22N4O5S. The Hall–Kier alpha value is -1.72. The molecule has 0 saturated heterocycles. The highest BCUT2D eigenvalue weighted by atomic mass is 32.3. The molecule has 1 aromatic carbocycles. The van der Waals surface area contributed by atoms with Crippen molar-refractivity contribution in [3.8, 4) is 0 Å². The van der Waals surface area contributed by atoms with Crippen molar-refractivity contribution in [2.75, 3.05) is 24.5 Å². The van der Waals surface area contributed by atoms with Crippen molar-refractivity contribution in [1.82, 2.24) is 0 Å². The molecule has 0 aliphatic carbocycles. The van der Waals surface area contributed by atoms with E-state index in [-0.39, 0.29) is 5.96 Å². The number of guanidine groups is 1. The van der Waals surface area contributed by atoms with Gasteiger partial charge in [-0.1, -0.05) is 18.2 Å². The average Bonchev–Trinajstić information content (AvgIpc) is 2.41. The second-order valence-corrected chi connectivity index (χ2v) is 5.19. The molecule has 1 unspecified atom stereocenters. The maximum Gasteiger partial charge on any atom is 0.434 e. The van der Waals surface area contributed by atoms with Crippen molar-refractivity contribution in [2.45, 2.75) is 13.0 Å². The second-order valence-electron chi connectivity index (χ2n) is 4.38. The zero-order valence-corrected chi connectivity index (χ0v) is 13.1. The molecule has 0 aliphatic rings. The lowest BCUT2D eigenvalue weighted by Crippen LogP contribution is -2.98. The summed E-state index contributed by atoms with van der Waals surface area (Å²) < 4.78 is 34.1. The predicted molar refractivity (Wildman–Crippen MR) is 78.7 cm³/mol. The quantitative estimate of drug-likeness (QED) is 0.178. The minimum Gasteiger partial charge on any atom is -0.759 e. The lowest BCUT2D eigenvalue weighted by molar-refractivity contribution is -0.575. The molecule has 0 heterocycles. The van der Waals surface area contributed by atoms with Gasteiger partial charge in [-0.05, 0) is 19.1 Å². The van der Waals surface area contributed by atoms with E-state index in [2.05, 4.69) is 11.8 Å². The standard InChI is InChI=1S/C12H20N4O.H2O4S/c1-2-16(10-6-4-3-5-7-10)9-11(17)8-15-12(13)14;1-5(2,3)4/h3-7,11,17H,2,8-9H2,1H3,(H4,13,14,15);(H2,1,2,3,4). The number of nitrogens with two attached hydrogens (primary N) is 3. The van der Waals surface area contributed by atoms with Crippen LogP contribution in [0.15, 0.2) is 30.3 Å². The molecule has 0 saturated carbocycles. The predicted octanol–water partition coefficient (Wildman–Crippen LogP) is -3.83. The highest BCUT2D eigenvalue weighted by Gasteiger charge is 2.13. The van der Waals surface area contributed by atoms with Gasteiger partial charge >= 0.3 is 5.96 Å². The molecule has 0 fully saturated rings. The largest absolute Gasteiger partial charge is 0.759 e. The zero-order valence-electron chi connectivity index (χ0n) is 12.3. The summed E-state index contributed by atoms with van der Waals surface area (Å²) in [4.78, 5) is 2.12. The summed E-state index contributed by atoms with van der Waals surface area (Å²) >= 11 is 0. The van der Waals surface area contributed by atoms with Gasteiger partial charge in [-0.3, -0.25) is 8.42 Å². The van der Waals surface area contributed by atoms with Crippen molar-refractivity contribution in [3.05, 3.63) is 30.3 Å². The van der Waals surface area contributed by atoms with Gasteiger partial charge in [0.05, 0.1) is 0 Å². The third kappa shape index (κ3) is 12.1. The maximum atomic E-state index is 9.86. The van der Waals surface area contributed by atoms with E-state index in [9.17, 15) is 5.11 Å². The van der Waals surface area contributed by atoms with Gasteiger partial charge in [0.15, 0.2) is 0 Å². The molecular weight excluding hydrogens is 312 g/mol. The number of nitrogens with zero attached hydrogens (tertiary/aromatic N) is 1. The molecule has 0 radical (unpaired) electrons. The monoisotopic (exact) mass is 334 g/mol. The lowest BCUT2D eigenvalue weighted by Gasteiger charge is -2.24. The Balaban J connectivity index is 0.000000763. The molecule has 0 spiro atoms. The zero-order chi connectivity index (χ0) is 17.2. The van der Waals surface area contributed by atoms with Gasteiger partial charge < -0.3 is 19.1 Å². The molecule has 9 nitrogen and oxygen atoms in total. The molecule has 126 valence electrons. The van der Waals surface area contributed by atoms with Gasteiger partial charge in [0.2, 0.25) is 0 Å². The summed E-state index contributed by atoms with van der Waals surface area (Å²) in [5, 5.41) is 16.8. The third-order valence-corrected chi connectivity index (χ3v) is 2.56. The topological polar surface area (TPSA) is 172 Å². The molecule has 10 heteroatoms. The number of anilines is 1. The van der Waals surface area contributed by atoms with Crippen molar-refractivity contribution >= 4 is 22.0 Å². The van der Waals surface area contributed by atoms with E-state index >= 15 is 0 Å². The van der Waals surface area contributed by atoms with E-state index in [0.29, 0.717) is 13.1 Å². The van der Waals surface area contributed by atoms with Crippen LogP contribution < -0.4 is 21.4 Å². The summed E-state index contributed by atoms with van der Waals surface area (Å²) in [5.74, 6) is 0.256. The van der Waals surface area contributed by atoms with Gasteiger partial charge in [-0.2, -0.15) is 0 Å². The van der Waals surface area contributed by atoms with Gasteiger partial charge in [-0.25, -0.2) is 16.5 Å². The normalized spacial score (nSPS) is 12.0. The molecule has 22 heavy (non-hydrogen) atoms. The Bertz CT molecular complexity index is 530. The number of para-hydroxylation sites is 1. The Kier molecular flexibility index (Phi) is 9.29. The Morgan fingerprint density at radius 3 is 2.32 bits per heavy atom. The van der Waals surface area contributed by atoms with Crippen LogP contribution in [0.3, 0.4) is 0 Å². The van der Waals surface area contributed by atoms with Crippen LogP contribution in [0.2, 0.25) is 0 Å². The average molecular weight is 334 g/mol. The summed E-state index contributed by atoms with van der Waals surface area (Å²) in [6.45, 7) is 3.96. The minimum absolute atomic E-state index is 0.256. The minimum atomic E-state index is -5.17. The lowest BCUT2D eigenvalue weighted by atomic mass is 10.2. The van der Waals surface area contributed by atoms with Gasteiger partial charge in [0.25, 0.3) is 0 Å². The molecule has 0 amide bonds. The first kappa shape index (κ1) is 20.3. The first-order valence-electron chi connectivity index (χ1n) is 6.49. The highest BCUT2D eigenvalue weighted by molar-refractivity contribution is 7.79. The molecule has 0 aromatic heterocycles. The van der Waals surface area contributed by atoms with Gasteiger partial charge in [0.1, 0.15) is 12.6 Å². The van der Waals surface area contributed by atoms with Crippen LogP contribution in [-0.4, -0.2) is 54.3 Å².